The molecule has 3 heterocycles. The van der Waals surface area contributed by atoms with Gasteiger partial charge in [0.05, 0.1) is 17.1 Å². The van der Waals surface area contributed by atoms with Crippen molar-refractivity contribution in [3.8, 4) is 0 Å². The highest BCUT2D eigenvalue weighted by Gasteiger charge is 2.26. The monoisotopic (exact) mass is 328 g/mol. The number of nitrogens with one attached hydrogen (secondary N) is 2. The molecule has 2 N–H and O–H groups in total. The number of aromatic amines is 1. The minimum Gasteiger partial charge on any atom is -0.334 e. The van der Waals surface area contributed by atoms with Gasteiger partial charge < -0.3 is 10.2 Å². The highest BCUT2D eigenvalue weighted by Crippen LogP contribution is 2.36. The van der Waals surface area contributed by atoms with Crippen molar-refractivity contribution in [2.45, 2.75) is 30.0 Å². The van der Waals surface area contributed by atoms with Crippen LogP contribution in [0.15, 0.2) is 29.3 Å². The van der Waals surface area contributed by atoms with Crippen molar-refractivity contribution in [3.05, 3.63) is 41.2 Å². The average Bonchev–Trinajstić information content (AvgIpc) is 3.02. The molecule has 118 valence electrons. The van der Waals surface area contributed by atoms with Gasteiger partial charge in [0.1, 0.15) is 0 Å². The van der Waals surface area contributed by atoms with Crippen molar-refractivity contribution in [1.82, 2.24) is 15.1 Å². The van der Waals surface area contributed by atoms with Crippen molar-refractivity contribution < 1.29 is 9.59 Å². The van der Waals surface area contributed by atoms with Crippen LogP contribution >= 0.6 is 11.8 Å². The van der Waals surface area contributed by atoms with Gasteiger partial charge in [0.15, 0.2) is 0 Å². The number of aromatic nitrogens is 2. The number of fused-ring (bicyclic) bond motifs is 2. The highest BCUT2D eigenvalue weighted by molar-refractivity contribution is 8.00. The van der Waals surface area contributed by atoms with E-state index in [1.54, 1.807) is 12.3 Å². The van der Waals surface area contributed by atoms with Gasteiger partial charge in [-0.25, -0.2) is 0 Å². The molecule has 1 aromatic carbocycles. The summed E-state index contributed by atoms with van der Waals surface area (Å²) in [4.78, 5) is 27.4. The third kappa shape index (κ3) is 2.50. The lowest BCUT2D eigenvalue weighted by molar-refractivity contribution is -0.115. The Kier molecular flexibility index (Phi) is 3.37. The fourth-order valence-corrected chi connectivity index (χ4v) is 3.85. The Morgan fingerprint density at radius 2 is 2.30 bits per heavy atom. The van der Waals surface area contributed by atoms with Crippen LogP contribution in [0.4, 0.5) is 5.69 Å². The number of anilines is 1. The molecule has 0 saturated carbocycles. The summed E-state index contributed by atoms with van der Waals surface area (Å²) in [5.74, 6) is -0.0365. The number of thioether (sulfide) groups is 1. The van der Waals surface area contributed by atoms with Crippen LogP contribution in [0.25, 0.3) is 0 Å². The summed E-state index contributed by atoms with van der Waals surface area (Å²) in [5, 5.41) is 9.77. The Bertz CT molecular complexity index is 801. The van der Waals surface area contributed by atoms with E-state index in [-0.39, 0.29) is 17.1 Å². The minimum atomic E-state index is -0.106. The third-order valence-corrected chi connectivity index (χ3v) is 5.42. The predicted molar refractivity (Wildman–Crippen MR) is 87.4 cm³/mol. The molecule has 0 saturated heterocycles. The fourth-order valence-electron chi connectivity index (χ4n) is 2.92. The number of nitrogens with zero attached hydrogens (tertiary/aromatic N) is 2. The molecule has 4 rings (SSSR count). The van der Waals surface area contributed by atoms with Gasteiger partial charge in [0, 0.05) is 41.2 Å². The maximum absolute atomic E-state index is 12.7. The Balaban J connectivity index is 1.58. The van der Waals surface area contributed by atoms with Crippen LogP contribution in [0.1, 0.15) is 28.5 Å². The Hall–Kier alpha value is -2.28. The number of hydrogen-bond donors (Lipinski definition) is 2. The summed E-state index contributed by atoms with van der Waals surface area (Å²) in [7, 11) is 0. The summed E-state index contributed by atoms with van der Waals surface area (Å²) >= 11 is 1.52. The summed E-state index contributed by atoms with van der Waals surface area (Å²) in [5.41, 5.74) is 3.51. The molecule has 1 aromatic heterocycles. The molecule has 0 radical (unpaired) electrons. The van der Waals surface area contributed by atoms with Crippen LogP contribution in [0.5, 0.6) is 0 Å². The molecule has 2 aliphatic heterocycles. The van der Waals surface area contributed by atoms with Crippen LogP contribution in [-0.2, 0) is 17.8 Å². The zero-order valence-electron chi connectivity index (χ0n) is 12.6. The van der Waals surface area contributed by atoms with Gasteiger partial charge in [-0.2, -0.15) is 5.10 Å². The second kappa shape index (κ2) is 5.42. The number of hydrogen-bond acceptors (Lipinski definition) is 4. The first kappa shape index (κ1) is 14.3. The van der Waals surface area contributed by atoms with E-state index in [0.717, 1.165) is 28.3 Å². The van der Waals surface area contributed by atoms with Crippen molar-refractivity contribution >= 4 is 29.3 Å². The van der Waals surface area contributed by atoms with E-state index in [4.69, 9.17) is 0 Å². The molecule has 2 amide bonds. The van der Waals surface area contributed by atoms with Crippen LogP contribution in [0.3, 0.4) is 0 Å². The molecule has 0 bridgehead atoms. The lowest BCUT2D eigenvalue weighted by Gasteiger charge is -2.27. The first-order valence-corrected chi connectivity index (χ1v) is 8.42. The smallest absolute Gasteiger partial charge is 0.254 e. The third-order valence-electron chi connectivity index (χ3n) is 4.25. The second-order valence-electron chi connectivity index (χ2n) is 5.81. The average molecular weight is 328 g/mol. The van der Waals surface area contributed by atoms with Crippen molar-refractivity contribution in [2.75, 3.05) is 11.9 Å². The normalized spacial score (nSPS) is 19.8. The maximum atomic E-state index is 12.7. The molecule has 6 nitrogen and oxygen atoms in total. The van der Waals surface area contributed by atoms with Gasteiger partial charge in [-0.1, -0.05) is 0 Å². The van der Waals surface area contributed by atoms with Gasteiger partial charge in [-0.15, -0.1) is 11.8 Å². The molecule has 2 aliphatic rings. The van der Waals surface area contributed by atoms with Crippen LogP contribution in [0, 0.1) is 0 Å². The molecular formula is C16H16N4O2S. The first-order valence-electron chi connectivity index (χ1n) is 7.54. The predicted octanol–water partition coefficient (Wildman–Crippen LogP) is 2.04. The van der Waals surface area contributed by atoms with Gasteiger partial charge in [0.25, 0.3) is 5.91 Å². The molecule has 1 atom stereocenters. The molecular weight excluding hydrogens is 312 g/mol. The number of amides is 2. The van der Waals surface area contributed by atoms with E-state index in [1.807, 2.05) is 24.0 Å². The van der Waals surface area contributed by atoms with Crippen molar-refractivity contribution in [3.63, 3.8) is 0 Å². The Labute approximate surface area is 137 Å². The number of carbonyl (C=O) groups is 2. The zero-order valence-corrected chi connectivity index (χ0v) is 13.4. The topological polar surface area (TPSA) is 78.1 Å². The first-order chi connectivity index (χ1) is 11.1. The lowest BCUT2D eigenvalue weighted by atomic mass is 10.1. The number of benzene rings is 1. The second-order valence-corrected chi connectivity index (χ2v) is 7.19. The SMILES string of the molecule is CC1Sc2ccc(C(=O)N3CCc4[nH]ncc4C3)cc2NC1=O. The minimum absolute atomic E-state index is 0.0162. The molecule has 2 aromatic rings. The maximum Gasteiger partial charge on any atom is 0.254 e. The van der Waals surface area contributed by atoms with Crippen LogP contribution in [-0.4, -0.2) is 38.7 Å². The van der Waals surface area contributed by atoms with Gasteiger partial charge in [0.2, 0.25) is 5.91 Å². The highest BCUT2D eigenvalue weighted by atomic mass is 32.2. The van der Waals surface area contributed by atoms with Crippen LogP contribution < -0.4 is 5.32 Å². The summed E-state index contributed by atoms with van der Waals surface area (Å²) in [6.45, 7) is 3.11. The molecule has 0 spiro atoms. The standard InChI is InChI=1S/C16H16N4O2S/c1-9-15(21)18-13-6-10(2-3-14(13)23-9)16(22)20-5-4-12-11(8-20)7-17-19-12/h2-3,6-7,9H,4-5,8H2,1H3,(H,17,19)(H,18,21). The van der Waals surface area contributed by atoms with E-state index in [1.165, 1.54) is 11.8 Å². The Morgan fingerprint density at radius 3 is 3.17 bits per heavy atom. The lowest BCUT2D eigenvalue weighted by Crippen LogP contribution is -2.36. The number of H-pyrrole nitrogens is 1. The molecule has 7 heteroatoms. The van der Waals surface area contributed by atoms with E-state index in [0.29, 0.717) is 18.7 Å². The van der Waals surface area contributed by atoms with Crippen molar-refractivity contribution in [2.24, 2.45) is 0 Å². The van der Waals surface area contributed by atoms with Gasteiger partial charge >= 0.3 is 0 Å². The van der Waals surface area contributed by atoms with E-state index in [9.17, 15) is 9.59 Å². The van der Waals surface area contributed by atoms with E-state index >= 15 is 0 Å². The van der Waals surface area contributed by atoms with Gasteiger partial charge in [-0.05, 0) is 25.1 Å². The Morgan fingerprint density at radius 1 is 1.43 bits per heavy atom. The molecule has 0 aliphatic carbocycles. The quantitative estimate of drug-likeness (QED) is 0.840. The van der Waals surface area contributed by atoms with Crippen LogP contribution in [0.2, 0.25) is 0 Å². The molecule has 0 fully saturated rings. The summed E-state index contributed by atoms with van der Waals surface area (Å²) in [6.07, 6.45) is 2.57. The van der Waals surface area contributed by atoms with E-state index in [2.05, 4.69) is 15.5 Å². The van der Waals surface area contributed by atoms with E-state index < -0.39 is 0 Å². The fraction of sp³-hybridized carbons (Fsp3) is 0.312. The summed E-state index contributed by atoms with van der Waals surface area (Å²) in [6, 6.07) is 5.53. The largest absolute Gasteiger partial charge is 0.334 e. The molecule has 1 unspecified atom stereocenters. The zero-order chi connectivity index (χ0) is 16.0. The number of rotatable bonds is 1. The molecule has 23 heavy (non-hydrogen) atoms. The van der Waals surface area contributed by atoms with Crippen molar-refractivity contribution in [1.29, 1.82) is 0 Å². The summed E-state index contributed by atoms with van der Waals surface area (Å²) < 4.78 is 0. The number of carbonyl (C=O) groups excluding carboxylic acids is 2. The van der Waals surface area contributed by atoms with Gasteiger partial charge in [-0.3, -0.25) is 14.7 Å².